The third-order valence-corrected chi connectivity index (χ3v) is 3.68. The molecule has 0 bridgehead atoms. The van der Waals surface area contributed by atoms with E-state index >= 15 is 0 Å². The van der Waals surface area contributed by atoms with E-state index in [1.165, 1.54) is 0 Å². The SMILES string of the molecule is COc1ccc(-c2onc(N)c2-c2cccc(Br)c2)cc1. The van der Waals surface area contributed by atoms with Crippen molar-refractivity contribution in [2.24, 2.45) is 0 Å². The van der Waals surface area contributed by atoms with Crippen molar-refractivity contribution in [3.05, 3.63) is 53.0 Å². The Labute approximate surface area is 130 Å². The molecule has 1 aromatic heterocycles. The zero-order valence-electron chi connectivity index (χ0n) is 11.3. The second kappa shape index (κ2) is 5.61. The minimum atomic E-state index is 0.374. The fraction of sp³-hybridized carbons (Fsp3) is 0.0625. The highest BCUT2D eigenvalue weighted by atomic mass is 79.9. The summed E-state index contributed by atoms with van der Waals surface area (Å²) in [6, 6.07) is 15.4. The molecule has 106 valence electrons. The molecule has 0 radical (unpaired) electrons. The molecule has 0 aliphatic carbocycles. The van der Waals surface area contributed by atoms with E-state index in [-0.39, 0.29) is 0 Å². The number of nitrogen functional groups attached to an aromatic ring is 1. The summed E-state index contributed by atoms with van der Waals surface area (Å²) >= 11 is 3.46. The maximum atomic E-state index is 5.97. The summed E-state index contributed by atoms with van der Waals surface area (Å²) in [4.78, 5) is 0. The molecule has 0 saturated heterocycles. The van der Waals surface area contributed by atoms with Crippen LogP contribution in [-0.4, -0.2) is 12.3 Å². The topological polar surface area (TPSA) is 61.3 Å². The number of nitrogens with two attached hydrogens (primary N) is 1. The number of hydrogen-bond donors (Lipinski definition) is 1. The summed E-state index contributed by atoms with van der Waals surface area (Å²) in [5.41, 5.74) is 8.62. The van der Waals surface area contributed by atoms with Crippen LogP contribution in [0.5, 0.6) is 5.75 Å². The lowest BCUT2D eigenvalue weighted by Gasteiger charge is -2.04. The van der Waals surface area contributed by atoms with Crippen LogP contribution in [0.2, 0.25) is 0 Å². The van der Waals surface area contributed by atoms with Gasteiger partial charge in [-0.25, -0.2) is 0 Å². The summed E-state index contributed by atoms with van der Waals surface area (Å²) in [7, 11) is 1.63. The fourth-order valence-electron chi connectivity index (χ4n) is 2.16. The number of aromatic nitrogens is 1. The van der Waals surface area contributed by atoms with Crippen LogP contribution in [0.15, 0.2) is 57.5 Å². The molecule has 0 spiro atoms. The third-order valence-electron chi connectivity index (χ3n) is 3.18. The number of rotatable bonds is 3. The van der Waals surface area contributed by atoms with Crippen LogP contribution in [0.3, 0.4) is 0 Å². The van der Waals surface area contributed by atoms with Gasteiger partial charge in [-0.05, 0) is 42.0 Å². The van der Waals surface area contributed by atoms with Gasteiger partial charge in [-0.15, -0.1) is 0 Å². The molecule has 0 atom stereocenters. The third kappa shape index (κ3) is 2.64. The highest BCUT2D eigenvalue weighted by molar-refractivity contribution is 9.10. The minimum absolute atomic E-state index is 0.374. The standard InChI is InChI=1S/C16H13BrN2O2/c1-20-13-7-5-10(6-8-13)15-14(16(18)19-21-15)11-3-2-4-12(17)9-11/h2-9H,1H3,(H2,18,19). The molecule has 3 rings (SSSR count). The fourth-order valence-corrected chi connectivity index (χ4v) is 2.56. The monoisotopic (exact) mass is 344 g/mol. The Morgan fingerprint density at radius 3 is 2.52 bits per heavy atom. The van der Waals surface area contributed by atoms with E-state index in [4.69, 9.17) is 15.0 Å². The number of hydrogen-bond acceptors (Lipinski definition) is 4. The Hall–Kier alpha value is -2.27. The lowest BCUT2D eigenvalue weighted by atomic mass is 10.0. The number of benzene rings is 2. The van der Waals surface area contributed by atoms with Crippen molar-refractivity contribution in [1.29, 1.82) is 0 Å². The molecule has 0 aliphatic heterocycles. The van der Waals surface area contributed by atoms with Crippen molar-refractivity contribution in [2.75, 3.05) is 12.8 Å². The van der Waals surface area contributed by atoms with Crippen LogP contribution in [0, 0.1) is 0 Å². The van der Waals surface area contributed by atoms with Crippen LogP contribution in [-0.2, 0) is 0 Å². The highest BCUT2D eigenvalue weighted by Gasteiger charge is 2.17. The van der Waals surface area contributed by atoms with Crippen molar-refractivity contribution in [3.8, 4) is 28.2 Å². The van der Waals surface area contributed by atoms with Gasteiger partial charge in [0.15, 0.2) is 11.6 Å². The Kier molecular flexibility index (Phi) is 3.66. The highest BCUT2D eigenvalue weighted by Crippen LogP contribution is 2.37. The normalized spacial score (nSPS) is 10.6. The van der Waals surface area contributed by atoms with Crippen LogP contribution in [0.1, 0.15) is 0 Å². The summed E-state index contributed by atoms with van der Waals surface area (Å²) < 4.78 is 11.6. The summed E-state index contributed by atoms with van der Waals surface area (Å²) in [6.07, 6.45) is 0. The van der Waals surface area contributed by atoms with E-state index in [9.17, 15) is 0 Å². The Morgan fingerprint density at radius 1 is 1.10 bits per heavy atom. The molecule has 5 heteroatoms. The Balaban J connectivity index is 2.12. The predicted molar refractivity (Wildman–Crippen MR) is 86.0 cm³/mol. The number of methoxy groups -OCH3 is 1. The van der Waals surface area contributed by atoms with Crippen LogP contribution in [0.25, 0.3) is 22.5 Å². The van der Waals surface area contributed by atoms with Gasteiger partial charge in [0.2, 0.25) is 0 Å². The van der Waals surface area contributed by atoms with E-state index in [1.807, 2.05) is 48.5 Å². The predicted octanol–water partition coefficient (Wildman–Crippen LogP) is 4.36. The van der Waals surface area contributed by atoms with Gasteiger partial charge in [-0.2, -0.15) is 0 Å². The van der Waals surface area contributed by atoms with Crippen LogP contribution in [0.4, 0.5) is 5.82 Å². The van der Waals surface area contributed by atoms with E-state index in [0.717, 1.165) is 26.9 Å². The number of ether oxygens (including phenoxy) is 1. The van der Waals surface area contributed by atoms with Crippen molar-refractivity contribution in [2.45, 2.75) is 0 Å². The van der Waals surface area contributed by atoms with Crippen LogP contribution < -0.4 is 10.5 Å². The van der Waals surface area contributed by atoms with Gasteiger partial charge in [0.1, 0.15) is 5.75 Å². The van der Waals surface area contributed by atoms with E-state index in [1.54, 1.807) is 7.11 Å². The smallest absolute Gasteiger partial charge is 0.176 e. The van der Waals surface area contributed by atoms with Crippen molar-refractivity contribution < 1.29 is 9.26 Å². The molecule has 0 fully saturated rings. The second-order valence-electron chi connectivity index (χ2n) is 4.51. The largest absolute Gasteiger partial charge is 0.497 e. The van der Waals surface area contributed by atoms with Crippen molar-refractivity contribution in [1.82, 2.24) is 5.16 Å². The minimum Gasteiger partial charge on any atom is -0.497 e. The first kappa shape index (κ1) is 13.7. The zero-order chi connectivity index (χ0) is 14.8. The van der Waals surface area contributed by atoms with Crippen molar-refractivity contribution >= 4 is 21.7 Å². The molecule has 1 heterocycles. The molecular weight excluding hydrogens is 332 g/mol. The summed E-state index contributed by atoms with van der Waals surface area (Å²) in [5, 5.41) is 3.90. The zero-order valence-corrected chi connectivity index (χ0v) is 12.9. The summed E-state index contributed by atoms with van der Waals surface area (Å²) in [6.45, 7) is 0. The van der Waals surface area contributed by atoms with Gasteiger partial charge < -0.3 is 15.0 Å². The Morgan fingerprint density at radius 2 is 1.86 bits per heavy atom. The first-order valence-electron chi connectivity index (χ1n) is 6.34. The van der Waals surface area contributed by atoms with Gasteiger partial charge in [0.25, 0.3) is 0 Å². The van der Waals surface area contributed by atoms with Gasteiger partial charge in [0, 0.05) is 10.0 Å². The maximum absolute atomic E-state index is 5.97. The summed E-state index contributed by atoms with van der Waals surface area (Å²) in [5.74, 6) is 1.81. The average Bonchev–Trinajstić information content (AvgIpc) is 2.89. The molecule has 3 aromatic rings. The van der Waals surface area contributed by atoms with Gasteiger partial charge in [-0.1, -0.05) is 33.2 Å². The quantitative estimate of drug-likeness (QED) is 0.766. The Bertz CT molecular complexity index is 766. The number of halogens is 1. The average molecular weight is 345 g/mol. The molecule has 0 unspecified atom stereocenters. The van der Waals surface area contributed by atoms with Gasteiger partial charge >= 0.3 is 0 Å². The molecule has 2 N–H and O–H groups in total. The second-order valence-corrected chi connectivity index (χ2v) is 5.43. The van der Waals surface area contributed by atoms with E-state index in [0.29, 0.717) is 11.6 Å². The molecular formula is C16H13BrN2O2. The molecule has 4 nitrogen and oxygen atoms in total. The van der Waals surface area contributed by atoms with Crippen LogP contribution >= 0.6 is 15.9 Å². The molecule has 2 aromatic carbocycles. The number of anilines is 1. The molecule has 0 saturated carbocycles. The first-order valence-corrected chi connectivity index (χ1v) is 7.14. The molecule has 0 amide bonds. The molecule has 0 aliphatic rings. The maximum Gasteiger partial charge on any atom is 0.176 e. The lowest BCUT2D eigenvalue weighted by molar-refractivity contribution is 0.414. The lowest BCUT2D eigenvalue weighted by Crippen LogP contribution is -1.89. The van der Waals surface area contributed by atoms with Crippen molar-refractivity contribution in [3.63, 3.8) is 0 Å². The first-order chi connectivity index (χ1) is 10.2. The van der Waals surface area contributed by atoms with E-state index < -0.39 is 0 Å². The van der Waals surface area contributed by atoms with Gasteiger partial charge in [-0.3, -0.25) is 0 Å². The van der Waals surface area contributed by atoms with Gasteiger partial charge in [0.05, 0.1) is 12.7 Å². The molecule has 21 heavy (non-hydrogen) atoms. The van der Waals surface area contributed by atoms with E-state index in [2.05, 4.69) is 21.1 Å². The number of nitrogens with zero attached hydrogens (tertiary/aromatic N) is 1.